The van der Waals surface area contributed by atoms with E-state index in [1.807, 2.05) is 38.2 Å². The molecule has 2 heterocycles. The first-order chi connectivity index (χ1) is 13.6. The molecule has 5 nitrogen and oxygen atoms in total. The van der Waals surface area contributed by atoms with Crippen LogP contribution in [0, 0.1) is 5.92 Å². The fraction of sp³-hybridized carbons (Fsp3) is 0.391. The number of benzene rings is 1. The Balaban J connectivity index is 1.44. The predicted molar refractivity (Wildman–Crippen MR) is 116 cm³/mol. The summed E-state index contributed by atoms with van der Waals surface area (Å²) in [5.41, 5.74) is 2.36. The minimum Gasteiger partial charge on any atom is -0.368 e. The second kappa shape index (κ2) is 10.0. The highest BCUT2D eigenvalue weighted by Crippen LogP contribution is 2.17. The number of hydrogen-bond donors (Lipinski definition) is 1. The van der Waals surface area contributed by atoms with Crippen molar-refractivity contribution in [2.45, 2.75) is 20.3 Å². The Kier molecular flexibility index (Phi) is 7.20. The van der Waals surface area contributed by atoms with E-state index in [1.54, 1.807) is 0 Å². The standard InChI is InChI=1S/C23H30N4O/c1-19(2)17-23(28)25-22-11-10-21(18-24-22)27-15-13-26(14-16-27)12-6-9-20-7-4-3-5-8-20/h3-11,18-19H,12-17H2,1-2H3,(H,24,25,28)/b9-6+. The van der Waals surface area contributed by atoms with Gasteiger partial charge in [-0.05, 0) is 23.6 Å². The second-order valence-corrected chi connectivity index (χ2v) is 7.65. The second-order valence-electron chi connectivity index (χ2n) is 7.65. The van der Waals surface area contributed by atoms with Crippen LogP contribution >= 0.6 is 0 Å². The van der Waals surface area contributed by atoms with Gasteiger partial charge < -0.3 is 10.2 Å². The van der Waals surface area contributed by atoms with Crippen molar-refractivity contribution in [2.75, 3.05) is 42.9 Å². The predicted octanol–water partition coefficient (Wildman–Crippen LogP) is 3.90. The summed E-state index contributed by atoms with van der Waals surface area (Å²) < 4.78 is 0. The fourth-order valence-electron chi connectivity index (χ4n) is 3.30. The van der Waals surface area contributed by atoms with Crippen molar-refractivity contribution in [2.24, 2.45) is 5.92 Å². The smallest absolute Gasteiger partial charge is 0.225 e. The largest absolute Gasteiger partial charge is 0.368 e. The van der Waals surface area contributed by atoms with Gasteiger partial charge in [-0.2, -0.15) is 0 Å². The molecule has 28 heavy (non-hydrogen) atoms. The fourth-order valence-corrected chi connectivity index (χ4v) is 3.30. The first kappa shape index (κ1) is 20.1. The molecule has 0 spiro atoms. The van der Waals surface area contributed by atoms with Crippen molar-refractivity contribution in [3.05, 3.63) is 60.3 Å². The molecule has 5 heteroatoms. The Bertz CT molecular complexity index is 763. The number of amides is 1. The summed E-state index contributed by atoms with van der Waals surface area (Å²) in [7, 11) is 0. The van der Waals surface area contributed by atoms with Crippen molar-refractivity contribution in [1.82, 2.24) is 9.88 Å². The van der Waals surface area contributed by atoms with Gasteiger partial charge in [-0.15, -0.1) is 0 Å². The lowest BCUT2D eigenvalue weighted by molar-refractivity contribution is -0.116. The molecular weight excluding hydrogens is 348 g/mol. The van der Waals surface area contributed by atoms with E-state index in [4.69, 9.17) is 0 Å². The van der Waals surface area contributed by atoms with Crippen LogP contribution in [0.15, 0.2) is 54.7 Å². The van der Waals surface area contributed by atoms with Crippen molar-refractivity contribution >= 4 is 23.5 Å². The number of piperazine rings is 1. The van der Waals surface area contributed by atoms with Crippen LogP contribution < -0.4 is 10.2 Å². The molecule has 3 rings (SSSR count). The number of anilines is 2. The van der Waals surface area contributed by atoms with Gasteiger partial charge in [0, 0.05) is 39.1 Å². The number of carbonyl (C=O) groups is 1. The summed E-state index contributed by atoms with van der Waals surface area (Å²) in [6.07, 6.45) is 6.80. The van der Waals surface area contributed by atoms with E-state index in [-0.39, 0.29) is 5.91 Å². The van der Waals surface area contributed by atoms with Gasteiger partial charge in [0.25, 0.3) is 0 Å². The molecular formula is C23H30N4O. The number of carbonyl (C=O) groups excluding carboxylic acids is 1. The van der Waals surface area contributed by atoms with Crippen LogP contribution in [0.1, 0.15) is 25.8 Å². The van der Waals surface area contributed by atoms with Crippen molar-refractivity contribution in [1.29, 1.82) is 0 Å². The van der Waals surface area contributed by atoms with Gasteiger partial charge in [-0.3, -0.25) is 9.69 Å². The number of aromatic nitrogens is 1. The summed E-state index contributed by atoms with van der Waals surface area (Å²) in [4.78, 5) is 21.1. The SMILES string of the molecule is CC(C)CC(=O)Nc1ccc(N2CCN(C/C=C/c3ccccc3)CC2)cn1. The minimum atomic E-state index is 0.0208. The maximum absolute atomic E-state index is 11.8. The van der Waals surface area contributed by atoms with E-state index < -0.39 is 0 Å². The van der Waals surface area contributed by atoms with Crippen LogP contribution in [0.4, 0.5) is 11.5 Å². The number of rotatable bonds is 7. The monoisotopic (exact) mass is 378 g/mol. The molecule has 0 radical (unpaired) electrons. The van der Waals surface area contributed by atoms with Gasteiger partial charge in [-0.25, -0.2) is 4.98 Å². The third-order valence-electron chi connectivity index (χ3n) is 4.82. The van der Waals surface area contributed by atoms with E-state index >= 15 is 0 Å². The van der Waals surface area contributed by atoms with E-state index in [9.17, 15) is 4.79 Å². The molecule has 1 aliphatic heterocycles. The first-order valence-electron chi connectivity index (χ1n) is 10.0. The van der Waals surface area contributed by atoms with Crippen molar-refractivity contribution in [3.8, 4) is 0 Å². The Morgan fingerprint density at radius 1 is 1.11 bits per heavy atom. The average Bonchev–Trinajstić information content (AvgIpc) is 2.69. The first-order valence-corrected chi connectivity index (χ1v) is 10.0. The zero-order chi connectivity index (χ0) is 19.8. The van der Waals surface area contributed by atoms with Gasteiger partial charge in [0.15, 0.2) is 0 Å². The summed E-state index contributed by atoms with van der Waals surface area (Å²) >= 11 is 0. The summed E-state index contributed by atoms with van der Waals surface area (Å²) in [6, 6.07) is 14.3. The van der Waals surface area contributed by atoms with Crippen LogP contribution in [-0.2, 0) is 4.79 Å². The molecule has 1 amide bonds. The molecule has 0 bridgehead atoms. The van der Waals surface area contributed by atoms with E-state index in [0.717, 1.165) is 38.4 Å². The highest BCUT2D eigenvalue weighted by Gasteiger charge is 2.16. The maximum Gasteiger partial charge on any atom is 0.225 e. The lowest BCUT2D eigenvalue weighted by atomic mass is 10.1. The normalized spacial score (nSPS) is 15.3. The van der Waals surface area contributed by atoms with Gasteiger partial charge >= 0.3 is 0 Å². The highest BCUT2D eigenvalue weighted by atomic mass is 16.1. The number of pyridine rings is 1. The molecule has 0 atom stereocenters. The molecule has 1 aliphatic rings. The Labute approximate surface area is 168 Å². The third kappa shape index (κ3) is 6.20. The van der Waals surface area contributed by atoms with Gasteiger partial charge in [0.1, 0.15) is 5.82 Å². The van der Waals surface area contributed by atoms with E-state index in [2.05, 4.69) is 56.5 Å². The minimum absolute atomic E-state index is 0.0208. The zero-order valence-corrected chi connectivity index (χ0v) is 16.8. The molecule has 0 unspecified atom stereocenters. The van der Waals surface area contributed by atoms with E-state index in [0.29, 0.717) is 18.2 Å². The van der Waals surface area contributed by atoms with Crippen LogP contribution in [0.2, 0.25) is 0 Å². The number of hydrogen-bond acceptors (Lipinski definition) is 4. The number of nitrogens with one attached hydrogen (secondary N) is 1. The van der Waals surface area contributed by atoms with Crippen LogP contribution in [-0.4, -0.2) is 48.5 Å². The van der Waals surface area contributed by atoms with Gasteiger partial charge in [0.2, 0.25) is 5.91 Å². The van der Waals surface area contributed by atoms with Gasteiger partial charge in [0.05, 0.1) is 11.9 Å². The van der Waals surface area contributed by atoms with Crippen molar-refractivity contribution in [3.63, 3.8) is 0 Å². The highest BCUT2D eigenvalue weighted by molar-refractivity contribution is 5.89. The average molecular weight is 379 g/mol. The summed E-state index contributed by atoms with van der Waals surface area (Å²) in [5.74, 6) is 0.990. The molecule has 1 fully saturated rings. The van der Waals surface area contributed by atoms with Crippen LogP contribution in [0.25, 0.3) is 6.08 Å². The Hall–Kier alpha value is -2.66. The molecule has 2 aromatic rings. The quantitative estimate of drug-likeness (QED) is 0.794. The zero-order valence-electron chi connectivity index (χ0n) is 16.8. The third-order valence-corrected chi connectivity index (χ3v) is 4.82. The van der Waals surface area contributed by atoms with Crippen LogP contribution in [0.3, 0.4) is 0 Å². The van der Waals surface area contributed by atoms with Gasteiger partial charge in [-0.1, -0.05) is 56.3 Å². The molecule has 0 aliphatic carbocycles. The summed E-state index contributed by atoms with van der Waals surface area (Å²) in [6.45, 7) is 9.08. The Morgan fingerprint density at radius 3 is 2.50 bits per heavy atom. The lowest BCUT2D eigenvalue weighted by Crippen LogP contribution is -2.46. The lowest BCUT2D eigenvalue weighted by Gasteiger charge is -2.35. The topological polar surface area (TPSA) is 48.5 Å². The number of nitrogens with zero attached hydrogens (tertiary/aromatic N) is 3. The molecule has 1 aromatic heterocycles. The maximum atomic E-state index is 11.8. The van der Waals surface area contributed by atoms with Crippen LogP contribution in [0.5, 0.6) is 0 Å². The Morgan fingerprint density at radius 2 is 1.86 bits per heavy atom. The molecule has 1 aromatic carbocycles. The molecule has 148 valence electrons. The molecule has 1 saturated heterocycles. The molecule has 0 saturated carbocycles. The summed E-state index contributed by atoms with van der Waals surface area (Å²) in [5, 5.41) is 2.86. The van der Waals surface area contributed by atoms with Crippen molar-refractivity contribution < 1.29 is 4.79 Å². The van der Waals surface area contributed by atoms with E-state index in [1.165, 1.54) is 5.56 Å². The molecule has 1 N–H and O–H groups in total.